The number of rotatable bonds is 2. The van der Waals surface area contributed by atoms with Crippen molar-refractivity contribution >= 4 is 0 Å². The molecule has 4 aliphatic rings. The van der Waals surface area contributed by atoms with Gasteiger partial charge in [0.1, 0.15) is 0 Å². The lowest BCUT2D eigenvalue weighted by Gasteiger charge is -2.60. The Morgan fingerprint density at radius 3 is 2.52 bits per heavy atom. The maximum atomic E-state index is 2.73. The fourth-order valence-electron chi connectivity index (χ4n) is 8.41. The molecule has 1 saturated heterocycles. The van der Waals surface area contributed by atoms with Crippen LogP contribution in [0, 0.1) is 34.5 Å². The summed E-state index contributed by atoms with van der Waals surface area (Å²) in [5.41, 5.74) is 2.89. The molecule has 0 aromatic carbocycles. The molecular formula is C25H44N2. The smallest absolute Gasteiger partial charge is 0.0127 e. The molecule has 154 valence electrons. The van der Waals surface area contributed by atoms with Crippen LogP contribution in [0.2, 0.25) is 0 Å². The van der Waals surface area contributed by atoms with Crippen molar-refractivity contribution in [2.45, 2.75) is 84.7 Å². The Hall–Kier alpha value is -0.340. The monoisotopic (exact) mass is 372 g/mol. The van der Waals surface area contributed by atoms with E-state index in [4.69, 9.17) is 0 Å². The molecule has 2 nitrogen and oxygen atoms in total. The maximum Gasteiger partial charge on any atom is 0.0127 e. The van der Waals surface area contributed by atoms with Crippen LogP contribution in [0.4, 0.5) is 0 Å². The molecule has 0 aromatic heterocycles. The van der Waals surface area contributed by atoms with Gasteiger partial charge in [-0.15, -0.1) is 0 Å². The standard InChI is InChI=1S/C25H44N2/c1-8-22-21-10-9-19-15-20(26(5)6)11-13-24(19,4)23(21)12-14-25(22)16-27(7)18(3)17(25)2/h9,17-18,20-23H,8,10-16H2,1-7H3. The highest BCUT2D eigenvalue weighted by Gasteiger charge is 2.59. The number of hydrogen-bond acceptors (Lipinski definition) is 2. The van der Waals surface area contributed by atoms with Gasteiger partial charge in [0, 0.05) is 18.6 Å². The number of nitrogens with zero attached hydrogens (tertiary/aromatic N) is 2. The molecule has 2 saturated carbocycles. The average molecular weight is 373 g/mol. The van der Waals surface area contributed by atoms with Crippen LogP contribution in [0.5, 0.6) is 0 Å². The van der Waals surface area contributed by atoms with Crippen molar-refractivity contribution in [3.8, 4) is 0 Å². The largest absolute Gasteiger partial charge is 0.306 e. The van der Waals surface area contributed by atoms with Gasteiger partial charge in [0.2, 0.25) is 0 Å². The van der Waals surface area contributed by atoms with Crippen LogP contribution in [0.15, 0.2) is 11.6 Å². The van der Waals surface area contributed by atoms with E-state index in [1.54, 1.807) is 0 Å². The third-order valence-electron chi connectivity index (χ3n) is 10.4. The topological polar surface area (TPSA) is 6.48 Å². The van der Waals surface area contributed by atoms with Crippen LogP contribution in [0.3, 0.4) is 0 Å². The molecule has 0 bridgehead atoms. The van der Waals surface area contributed by atoms with Crippen LogP contribution in [0.25, 0.3) is 0 Å². The van der Waals surface area contributed by atoms with Crippen LogP contribution in [-0.4, -0.2) is 49.6 Å². The van der Waals surface area contributed by atoms with Gasteiger partial charge in [-0.3, -0.25) is 0 Å². The molecule has 2 heteroatoms. The predicted molar refractivity (Wildman–Crippen MR) is 116 cm³/mol. The highest BCUT2D eigenvalue weighted by atomic mass is 15.2. The van der Waals surface area contributed by atoms with Gasteiger partial charge in [0.05, 0.1) is 0 Å². The second-order valence-corrected chi connectivity index (χ2v) is 11.2. The van der Waals surface area contributed by atoms with Crippen molar-refractivity contribution in [3.05, 3.63) is 11.6 Å². The molecule has 4 rings (SSSR count). The summed E-state index contributed by atoms with van der Waals surface area (Å²) >= 11 is 0. The van der Waals surface area contributed by atoms with Gasteiger partial charge in [-0.2, -0.15) is 0 Å². The van der Waals surface area contributed by atoms with E-state index in [9.17, 15) is 0 Å². The molecule has 3 aliphatic carbocycles. The van der Waals surface area contributed by atoms with Crippen molar-refractivity contribution in [1.29, 1.82) is 0 Å². The summed E-state index contributed by atoms with van der Waals surface area (Å²) in [6.45, 7) is 11.5. The molecule has 0 N–H and O–H groups in total. The number of fused-ring (bicyclic) bond motifs is 3. The summed E-state index contributed by atoms with van der Waals surface area (Å²) < 4.78 is 0. The Balaban J connectivity index is 1.64. The molecule has 0 aromatic rings. The Kier molecular flexibility index (Phi) is 5.08. The minimum atomic E-state index is 0.490. The van der Waals surface area contributed by atoms with Gasteiger partial charge in [-0.25, -0.2) is 0 Å². The molecule has 3 fully saturated rings. The molecule has 0 amide bonds. The van der Waals surface area contributed by atoms with Gasteiger partial charge in [-0.05, 0) is 101 Å². The summed E-state index contributed by atoms with van der Waals surface area (Å²) in [4.78, 5) is 5.14. The van der Waals surface area contributed by atoms with E-state index in [1.165, 1.54) is 51.5 Å². The fraction of sp³-hybridized carbons (Fsp3) is 0.920. The summed E-state index contributed by atoms with van der Waals surface area (Å²) in [7, 11) is 6.92. The van der Waals surface area contributed by atoms with Crippen LogP contribution < -0.4 is 0 Å². The van der Waals surface area contributed by atoms with E-state index in [-0.39, 0.29) is 0 Å². The Morgan fingerprint density at radius 2 is 1.93 bits per heavy atom. The van der Waals surface area contributed by atoms with Crippen LogP contribution >= 0.6 is 0 Å². The quantitative estimate of drug-likeness (QED) is 0.595. The third-order valence-corrected chi connectivity index (χ3v) is 10.4. The second-order valence-electron chi connectivity index (χ2n) is 11.2. The first-order valence-electron chi connectivity index (χ1n) is 11.8. The lowest BCUT2D eigenvalue weighted by molar-refractivity contribution is -0.0663. The molecule has 8 atom stereocenters. The molecule has 1 spiro atoms. The normalized spacial score (nSPS) is 50.6. The van der Waals surface area contributed by atoms with Gasteiger partial charge in [-0.1, -0.05) is 38.8 Å². The van der Waals surface area contributed by atoms with E-state index >= 15 is 0 Å². The SMILES string of the molecule is CCC1C2CC=C3CC(N(C)C)CCC3(C)C2CCC12CN(C)C(C)C2C. The summed E-state index contributed by atoms with van der Waals surface area (Å²) in [6, 6.07) is 1.51. The molecule has 1 aliphatic heterocycles. The zero-order valence-electron chi connectivity index (χ0n) is 19.1. The average Bonchev–Trinajstić information content (AvgIpc) is 2.85. The lowest BCUT2D eigenvalue weighted by Crippen LogP contribution is -2.54. The van der Waals surface area contributed by atoms with Gasteiger partial charge >= 0.3 is 0 Å². The van der Waals surface area contributed by atoms with E-state index in [0.717, 1.165) is 35.8 Å². The number of hydrogen-bond donors (Lipinski definition) is 0. The molecule has 27 heavy (non-hydrogen) atoms. The zero-order valence-corrected chi connectivity index (χ0v) is 19.1. The first-order valence-corrected chi connectivity index (χ1v) is 11.8. The van der Waals surface area contributed by atoms with E-state index in [0.29, 0.717) is 10.8 Å². The van der Waals surface area contributed by atoms with Gasteiger partial charge in [0.25, 0.3) is 0 Å². The summed E-state index contributed by atoms with van der Waals surface area (Å²) in [5, 5.41) is 0. The van der Waals surface area contributed by atoms with Crippen molar-refractivity contribution in [2.24, 2.45) is 34.5 Å². The second kappa shape index (κ2) is 6.87. The molecule has 0 radical (unpaired) electrons. The van der Waals surface area contributed by atoms with Gasteiger partial charge in [0.15, 0.2) is 0 Å². The van der Waals surface area contributed by atoms with Crippen molar-refractivity contribution in [3.63, 3.8) is 0 Å². The summed E-state index contributed by atoms with van der Waals surface area (Å²) in [5.74, 6) is 3.62. The Labute approximate surface area is 168 Å². The molecule has 8 unspecified atom stereocenters. The third kappa shape index (κ3) is 2.80. The lowest BCUT2D eigenvalue weighted by atomic mass is 9.45. The van der Waals surface area contributed by atoms with Gasteiger partial charge < -0.3 is 9.80 Å². The zero-order chi connectivity index (χ0) is 19.6. The van der Waals surface area contributed by atoms with Crippen molar-refractivity contribution < 1.29 is 0 Å². The number of likely N-dealkylation sites (tertiary alicyclic amines) is 1. The molecule has 1 heterocycles. The highest BCUT2D eigenvalue weighted by Crippen LogP contribution is 2.65. The van der Waals surface area contributed by atoms with E-state index < -0.39 is 0 Å². The van der Waals surface area contributed by atoms with E-state index in [2.05, 4.69) is 64.7 Å². The number of allylic oxidation sites excluding steroid dienone is 1. The maximum absolute atomic E-state index is 2.73. The first kappa shape index (κ1) is 20.0. The van der Waals surface area contributed by atoms with E-state index in [1.807, 2.05) is 5.57 Å². The predicted octanol–water partition coefficient (Wildman–Crippen LogP) is 5.45. The minimum Gasteiger partial charge on any atom is -0.306 e. The minimum absolute atomic E-state index is 0.490. The first-order chi connectivity index (χ1) is 12.7. The van der Waals surface area contributed by atoms with Crippen LogP contribution in [0.1, 0.15) is 72.6 Å². The Bertz CT molecular complexity index is 595. The highest BCUT2D eigenvalue weighted by molar-refractivity contribution is 5.26. The molecular weight excluding hydrogens is 328 g/mol. The van der Waals surface area contributed by atoms with Crippen LogP contribution in [-0.2, 0) is 0 Å². The fourth-order valence-corrected chi connectivity index (χ4v) is 8.41. The summed E-state index contributed by atoms with van der Waals surface area (Å²) in [6.07, 6.45) is 12.6. The van der Waals surface area contributed by atoms with Crippen molar-refractivity contribution in [2.75, 3.05) is 27.7 Å². The Morgan fingerprint density at radius 1 is 1.19 bits per heavy atom. The van der Waals surface area contributed by atoms with Crippen molar-refractivity contribution in [1.82, 2.24) is 9.80 Å².